The van der Waals surface area contributed by atoms with E-state index in [1.807, 2.05) is 12.4 Å². The van der Waals surface area contributed by atoms with Gasteiger partial charge in [0.25, 0.3) is 0 Å². The maximum Gasteiger partial charge on any atom is 0.128 e. The first kappa shape index (κ1) is 36.5. The quantitative estimate of drug-likeness (QED) is 0.274. The van der Waals surface area contributed by atoms with Crippen LogP contribution in [0.5, 0.6) is 11.5 Å². The largest absolute Gasteiger partial charge is 0.507 e. The highest BCUT2D eigenvalue weighted by molar-refractivity contribution is 5.85. The van der Waals surface area contributed by atoms with Crippen molar-refractivity contribution in [3.8, 4) is 11.5 Å². The second kappa shape index (κ2) is 13.9. The Morgan fingerprint density at radius 2 is 0.907 bits per heavy atom. The minimum atomic E-state index is -0.209. The van der Waals surface area contributed by atoms with Gasteiger partial charge in [-0.2, -0.15) is 0 Å². The van der Waals surface area contributed by atoms with Gasteiger partial charge in [-0.15, -0.1) is 0 Å². The Bertz CT molecular complexity index is 1180. The van der Waals surface area contributed by atoms with Gasteiger partial charge in [0.05, 0.1) is 11.1 Å². The zero-order valence-corrected chi connectivity index (χ0v) is 29.7. The third-order valence-corrected chi connectivity index (χ3v) is 7.31. The SMILES string of the molecule is CN(CCCN(C)Cc1cc(C(C)(C)C)cc(/C=N/C(C)(C)C)c1O)Cc1cc(C(C)(C)C)cc(/C=N/C(C)(C)C)c1O. The van der Waals surface area contributed by atoms with E-state index in [9.17, 15) is 10.2 Å². The maximum absolute atomic E-state index is 11.2. The van der Waals surface area contributed by atoms with Gasteiger partial charge in [-0.1, -0.05) is 53.7 Å². The molecule has 0 saturated heterocycles. The molecule has 0 aliphatic rings. The number of hydrogen-bond donors (Lipinski definition) is 2. The fourth-order valence-corrected chi connectivity index (χ4v) is 4.62. The highest BCUT2D eigenvalue weighted by Gasteiger charge is 2.21. The van der Waals surface area contributed by atoms with Crippen molar-refractivity contribution >= 4 is 12.4 Å². The van der Waals surface area contributed by atoms with Crippen LogP contribution < -0.4 is 0 Å². The summed E-state index contributed by atoms with van der Waals surface area (Å²) in [5.41, 5.74) is 5.27. The molecule has 0 fully saturated rings. The van der Waals surface area contributed by atoms with Crippen molar-refractivity contribution in [3.63, 3.8) is 0 Å². The lowest BCUT2D eigenvalue weighted by Crippen LogP contribution is -2.26. The van der Waals surface area contributed by atoms with Gasteiger partial charge in [-0.05, 0) is 109 Å². The van der Waals surface area contributed by atoms with Crippen molar-refractivity contribution in [1.82, 2.24) is 9.80 Å². The van der Waals surface area contributed by atoms with Crippen LogP contribution in [0.3, 0.4) is 0 Å². The monoisotopic (exact) mass is 592 g/mol. The molecule has 0 unspecified atom stereocenters. The molecule has 6 nitrogen and oxygen atoms in total. The Balaban J connectivity index is 2.15. The van der Waals surface area contributed by atoms with Crippen molar-refractivity contribution in [2.24, 2.45) is 9.98 Å². The fraction of sp³-hybridized carbons (Fsp3) is 0.622. The molecule has 6 heteroatoms. The van der Waals surface area contributed by atoms with E-state index in [0.717, 1.165) is 41.8 Å². The van der Waals surface area contributed by atoms with Gasteiger partial charge < -0.3 is 20.0 Å². The van der Waals surface area contributed by atoms with E-state index < -0.39 is 0 Å². The molecule has 0 aliphatic carbocycles. The zero-order valence-electron chi connectivity index (χ0n) is 29.7. The molecule has 0 atom stereocenters. The van der Waals surface area contributed by atoms with Crippen LogP contribution in [0.4, 0.5) is 0 Å². The van der Waals surface area contributed by atoms with Gasteiger partial charge in [0, 0.05) is 47.8 Å². The van der Waals surface area contributed by atoms with Crippen molar-refractivity contribution in [2.45, 2.75) is 125 Å². The van der Waals surface area contributed by atoms with Crippen LogP contribution >= 0.6 is 0 Å². The third kappa shape index (κ3) is 12.1. The number of aliphatic imine (C=N–C) groups is 2. The number of phenols is 2. The molecule has 0 aromatic heterocycles. The molecule has 0 saturated carbocycles. The van der Waals surface area contributed by atoms with E-state index in [4.69, 9.17) is 0 Å². The molecule has 2 aromatic carbocycles. The summed E-state index contributed by atoms with van der Waals surface area (Å²) in [6, 6.07) is 8.40. The van der Waals surface area contributed by atoms with Gasteiger partial charge in [0.15, 0.2) is 0 Å². The summed E-state index contributed by atoms with van der Waals surface area (Å²) in [7, 11) is 4.21. The molecule has 0 spiro atoms. The van der Waals surface area contributed by atoms with Crippen molar-refractivity contribution in [1.29, 1.82) is 0 Å². The van der Waals surface area contributed by atoms with Crippen LogP contribution in [0, 0.1) is 0 Å². The van der Waals surface area contributed by atoms with E-state index in [1.54, 1.807) is 0 Å². The van der Waals surface area contributed by atoms with Crippen molar-refractivity contribution < 1.29 is 10.2 Å². The molecule has 2 N–H and O–H groups in total. The summed E-state index contributed by atoms with van der Waals surface area (Å²) in [5.74, 6) is 0.620. The maximum atomic E-state index is 11.2. The summed E-state index contributed by atoms with van der Waals surface area (Å²) in [4.78, 5) is 13.8. The smallest absolute Gasteiger partial charge is 0.128 e. The molecule has 2 rings (SSSR count). The summed E-state index contributed by atoms with van der Waals surface area (Å²) in [5, 5.41) is 22.3. The predicted octanol–water partition coefficient (Wildman–Crippen LogP) is 8.08. The first-order chi connectivity index (χ1) is 19.5. The van der Waals surface area contributed by atoms with Crippen LogP contribution in [0.2, 0.25) is 0 Å². The van der Waals surface area contributed by atoms with Crippen LogP contribution in [-0.4, -0.2) is 70.7 Å². The standard InChI is InChI=1S/C37H60N4O2/c1-34(2,3)30-18-26(22-38-36(7,8)9)32(42)28(20-30)24-40(13)16-15-17-41(14)25-29-21-31(35(4,5)6)19-27(33(29)43)23-39-37(10,11)12/h18-23,42-43H,15-17,24-25H2,1-14H3/b38-22+,39-23+. The second-order valence-electron chi connectivity index (χ2n) is 16.3. The van der Waals surface area contributed by atoms with Crippen LogP contribution in [0.1, 0.15) is 123 Å². The Morgan fingerprint density at radius 1 is 0.581 bits per heavy atom. The second-order valence-corrected chi connectivity index (χ2v) is 16.3. The van der Waals surface area contributed by atoms with Crippen LogP contribution in [-0.2, 0) is 23.9 Å². The molecular formula is C37H60N4O2. The lowest BCUT2D eigenvalue weighted by Gasteiger charge is -2.25. The Kier molecular flexibility index (Phi) is 11.8. The predicted molar refractivity (Wildman–Crippen MR) is 186 cm³/mol. The zero-order chi connectivity index (χ0) is 33.0. The van der Waals surface area contributed by atoms with E-state index in [0.29, 0.717) is 24.6 Å². The van der Waals surface area contributed by atoms with Gasteiger partial charge in [-0.25, -0.2) is 0 Å². The number of phenolic OH excluding ortho intramolecular Hbond substituents is 2. The summed E-state index contributed by atoms with van der Waals surface area (Å²) < 4.78 is 0. The molecule has 0 aliphatic heterocycles. The highest BCUT2D eigenvalue weighted by atomic mass is 16.3. The number of rotatable bonds is 10. The fourth-order valence-electron chi connectivity index (χ4n) is 4.62. The normalized spacial score (nSPS) is 13.8. The number of benzene rings is 2. The van der Waals surface area contributed by atoms with E-state index >= 15 is 0 Å². The average molecular weight is 593 g/mol. The number of nitrogens with zero attached hydrogens (tertiary/aromatic N) is 4. The lowest BCUT2D eigenvalue weighted by molar-refractivity contribution is 0.266. The molecule has 0 radical (unpaired) electrons. The average Bonchev–Trinajstić information content (AvgIpc) is 2.82. The molecule has 0 bridgehead atoms. The third-order valence-electron chi connectivity index (χ3n) is 7.31. The van der Waals surface area contributed by atoms with Crippen LogP contribution in [0.15, 0.2) is 34.3 Å². The molecule has 2 aromatic rings. The Morgan fingerprint density at radius 3 is 1.19 bits per heavy atom. The number of hydrogen-bond acceptors (Lipinski definition) is 6. The Labute approximate surface area is 263 Å². The van der Waals surface area contributed by atoms with Gasteiger partial charge >= 0.3 is 0 Å². The lowest BCUT2D eigenvalue weighted by atomic mass is 9.84. The van der Waals surface area contributed by atoms with E-state index in [1.165, 1.54) is 11.1 Å². The van der Waals surface area contributed by atoms with Crippen molar-refractivity contribution in [3.05, 3.63) is 57.6 Å². The minimum absolute atomic E-state index is 0.0393. The summed E-state index contributed by atoms with van der Waals surface area (Å²) >= 11 is 0. The molecule has 0 amide bonds. The topological polar surface area (TPSA) is 71.7 Å². The summed E-state index contributed by atoms with van der Waals surface area (Å²) in [6.45, 7) is 28.6. The minimum Gasteiger partial charge on any atom is -0.507 e. The van der Waals surface area contributed by atoms with Gasteiger partial charge in [-0.3, -0.25) is 9.98 Å². The highest BCUT2D eigenvalue weighted by Crippen LogP contribution is 2.33. The van der Waals surface area contributed by atoms with E-state index in [2.05, 4.69) is 141 Å². The first-order valence-electron chi connectivity index (χ1n) is 15.7. The Hall–Kier alpha value is -2.70. The summed E-state index contributed by atoms with van der Waals surface area (Å²) in [6.07, 6.45) is 4.59. The number of aromatic hydroxyl groups is 2. The van der Waals surface area contributed by atoms with Crippen LogP contribution in [0.25, 0.3) is 0 Å². The van der Waals surface area contributed by atoms with Gasteiger partial charge in [0.2, 0.25) is 0 Å². The first-order valence-corrected chi connectivity index (χ1v) is 15.7. The van der Waals surface area contributed by atoms with E-state index in [-0.39, 0.29) is 21.9 Å². The molecule has 43 heavy (non-hydrogen) atoms. The van der Waals surface area contributed by atoms with Crippen molar-refractivity contribution in [2.75, 3.05) is 27.2 Å². The van der Waals surface area contributed by atoms with Gasteiger partial charge in [0.1, 0.15) is 11.5 Å². The molecular weight excluding hydrogens is 532 g/mol. The molecule has 0 heterocycles. The molecule has 240 valence electrons.